The van der Waals surface area contributed by atoms with E-state index in [0.29, 0.717) is 10.9 Å². The molecule has 126 valence electrons. The number of hydrogen-bond acceptors (Lipinski definition) is 6. The average Bonchev–Trinajstić information content (AvgIpc) is 3.26. The molecule has 0 amide bonds. The molecule has 0 aliphatic rings. The topological polar surface area (TPSA) is 65.6 Å². The van der Waals surface area contributed by atoms with Gasteiger partial charge >= 0.3 is 0 Å². The lowest BCUT2D eigenvalue weighted by molar-refractivity contribution is 0.102. The zero-order chi connectivity index (χ0) is 17.1. The number of thiophene rings is 1. The molecule has 0 saturated carbocycles. The maximum Gasteiger partial charge on any atom is 0.209 e. The van der Waals surface area contributed by atoms with Crippen LogP contribution in [0, 0.1) is 13.8 Å². The summed E-state index contributed by atoms with van der Waals surface area (Å²) in [6.07, 6.45) is 0.987. The van der Waals surface area contributed by atoms with Gasteiger partial charge < -0.3 is 4.57 Å². The van der Waals surface area contributed by atoms with Gasteiger partial charge in [-0.1, -0.05) is 17.8 Å². The molecule has 0 saturated heterocycles. The molecule has 0 aliphatic carbocycles. The van der Waals surface area contributed by atoms with Gasteiger partial charge in [-0.3, -0.25) is 4.79 Å². The summed E-state index contributed by atoms with van der Waals surface area (Å²) in [5.41, 5.74) is 2.95. The van der Waals surface area contributed by atoms with Gasteiger partial charge in [0.05, 0.1) is 5.75 Å². The fourth-order valence-corrected chi connectivity index (χ4v) is 4.09. The molecule has 3 heterocycles. The van der Waals surface area contributed by atoms with Gasteiger partial charge in [0.15, 0.2) is 5.78 Å². The Morgan fingerprint density at radius 2 is 2.21 bits per heavy atom. The van der Waals surface area contributed by atoms with Crippen LogP contribution in [0.25, 0.3) is 0 Å². The Labute approximate surface area is 148 Å². The predicted octanol–water partition coefficient (Wildman–Crippen LogP) is 2.91. The molecule has 0 unspecified atom stereocenters. The molecule has 0 aromatic carbocycles. The molecule has 3 rings (SSSR count). The van der Waals surface area contributed by atoms with Gasteiger partial charge in [0.2, 0.25) is 5.16 Å². The molecule has 0 radical (unpaired) electrons. The highest BCUT2D eigenvalue weighted by Crippen LogP contribution is 2.21. The van der Waals surface area contributed by atoms with Crippen LogP contribution in [0.15, 0.2) is 28.7 Å². The van der Waals surface area contributed by atoms with Crippen LogP contribution in [0.1, 0.15) is 26.6 Å². The lowest BCUT2D eigenvalue weighted by atomic mass is 10.2. The molecule has 0 bridgehead atoms. The van der Waals surface area contributed by atoms with Crippen LogP contribution in [0.2, 0.25) is 0 Å². The summed E-state index contributed by atoms with van der Waals surface area (Å²) in [5.74, 6) is 0.446. The standard InChI is InChI=1S/C16H19N5OS2/c1-11-9-14(15(22)10-24-16-17-18-19-20(16)3)12(2)21(11)7-6-13-5-4-8-23-13/h4-5,8-9H,6-7,10H2,1-3H3. The minimum absolute atomic E-state index is 0.110. The first kappa shape index (κ1) is 16.9. The molecule has 0 aliphatic heterocycles. The van der Waals surface area contributed by atoms with Crippen molar-refractivity contribution in [3.8, 4) is 0 Å². The van der Waals surface area contributed by atoms with Gasteiger partial charge in [0, 0.05) is 35.4 Å². The maximum absolute atomic E-state index is 12.6. The molecule has 0 spiro atoms. The molecule has 24 heavy (non-hydrogen) atoms. The summed E-state index contributed by atoms with van der Waals surface area (Å²) < 4.78 is 3.80. The van der Waals surface area contributed by atoms with Crippen LogP contribution in [-0.2, 0) is 20.0 Å². The zero-order valence-corrected chi connectivity index (χ0v) is 15.5. The molecular formula is C16H19N5OS2. The summed E-state index contributed by atoms with van der Waals surface area (Å²) >= 11 is 3.13. The second-order valence-corrected chi connectivity index (χ2v) is 7.54. The van der Waals surface area contributed by atoms with Crippen molar-refractivity contribution < 1.29 is 4.79 Å². The number of carbonyl (C=O) groups is 1. The van der Waals surface area contributed by atoms with Gasteiger partial charge in [0.1, 0.15) is 0 Å². The van der Waals surface area contributed by atoms with E-state index in [1.807, 2.05) is 13.0 Å². The van der Waals surface area contributed by atoms with Gasteiger partial charge in [-0.25, -0.2) is 4.68 Å². The van der Waals surface area contributed by atoms with Crippen molar-refractivity contribution in [2.75, 3.05) is 5.75 Å². The number of Topliss-reactive ketones (excluding diaryl/α,β-unsaturated/α-hetero) is 1. The Bertz CT molecular complexity index is 835. The van der Waals surface area contributed by atoms with Crippen LogP contribution in [0.3, 0.4) is 0 Å². The van der Waals surface area contributed by atoms with E-state index in [4.69, 9.17) is 0 Å². The van der Waals surface area contributed by atoms with Crippen molar-refractivity contribution >= 4 is 28.9 Å². The van der Waals surface area contributed by atoms with E-state index < -0.39 is 0 Å². The Morgan fingerprint density at radius 3 is 2.88 bits per heavy atom. The van der Waals surface area contributed by atoms with Crippen LogP contribution >= 0.6 is 23.1 Å². The maximum atomic E-state index is 12.6. The van der Waals surface area contributed by atoms with E-state index in [0.717, 1.165) is 29.9 Å². The van der Waals surface area contributed by atoms with E-state index in [9.17, 15) is 4.79 Å². The number of tetrazole rings is 1. The lowest BCUT2D eigenvalue weighted by Gasteiger charge is -2.09. The molecule has 0 fully saturated rings. The molecule has 6 nitrogen and oxygen atoms in total. The van der Waals surface area contributed by atoms with E-state index in [1.54, 1.807) is 23.1 Å². The zero-order valence-electron chi connectivity index (χ0n) is 13.9. The van der Waals surface area contributed by atoms with Gasteiger partial charge in [-0.05, 0) is 48.2 Å². The third-order valence-corrected chi connectivity index (χ3v) is 5.90. The fourth-order valence-electron chi connectivity index (χ4n) is 2.66. The quantitative estimate of drug-likeness (QED) is 0.478. The third kappa shape index (κ3) is 3.59. The number of nitrogens with zero attached hydrogens (tertiary/aromatic N) is 5. The van der Waals surface area contributed by atoms with Crippen LogP contribution < -0.4 is 0 Å². The lowest BCUT2D eigenvalue weighted by Crippen LogP contribution is -2.08. The van der Waals surface area contributed by atoms with Crippen LogP contribution in [0.4, 0.5) is 0 Å². The number of rotatable bonds is 7. The second-order valence-electron chi connectivity index (χ2n) is 5.56. The Balaban J connectivity index is 1.68. The van der Waals surface area contributed by atoms with Crippen molar-refractivity contribution in [3.63, 3.8) is 0 Å². The summed E-state index contributed by atoms with van der Waals surface area (Å²) in [5, 5.41) is 14.0. The molecule has 8 heteroatoms. The summed E-state index contributed by atoms with van der Waals surface area (Å²) in [6, 6.07) is 6.21. The summed E-state index contributed by atoms with van der Waals surface area (Å²) in [6.45, 7) is 4.97. The van der Waals surface area contributed by atoms with Gasteiger partial charge in [0.25, 0.3) is 0 Å². The van der Waals surface area contributed by atoms with Gasteiger partial charge in [-0.2, -0.15) is 0 Å². The largest absolute Gasteiger partial charge is 0.348 e. The number of hydrogen-bond donors (Lipinski definition) is 0. The highest BCUT2D eigenvalue weighted by atomic mass is 32.2. The first-order chi connectivity index (χ1) is 11.6. The normalized spacial score (nSPS) is 11.1. The molecular weight excluding hydrogens is 342 g/mol. The van der Waals surface area contributed by atoms with Crippen molar-refractivity contribution in [2.24, 2.45) is 7.05 Å². The first-order valence-electron chi connectivity index (χ1n) is 7.63. The first-order valence-corrected chi connectivity index (χ1v) is 9.50. The summed E-state index contributed by atoms with van der Waals surface area (Å²) in [7, 11) is 1.77. The van der Waals surface area contributed by atoms with Gasteiger partial charge in [-0.15, -0.1) is 16.4 Å². The second kappa shape index (κ2) is 7.31. The highest BCUT2D eigenvalue weighted by Gasteiger charge is 2.17. The Kier molecular flexibility index (Phi) is 5.15. The van der Waals surface area contributed by atoms with Crippen molar-refractivity contribution in [1.82, 2.24) is 24.8 Å². The molecule has 0 atom stereocenters. The minimum atomic E-state index is 0.110. The minimum Gasteiger partial charge on any atom is -0.348 e. The van der Waals surface area contributed by atoms with Crippen LogP contribution in [0.5, 0.6) is 0 Å². The van der Waals surface area contributed by atoms with E-state index in [2.05, 4.69) is 44.5 Å². The summed E-state index contributed by atoms with van der Waals surface area (Å²) in [4.78, 5) is 13.9. The number of ketones is 1. The SMILES string of the molecule is Cc1cc(C(=O)CSc2nnnn2C)c(C)n1CCc1cccs1. The molecule has 3 aromatic heterocycles. The number of thioether (sulfide) groups is 1. The van der Waals surface area contributed by atoms with E-state index in [1.165, 1.54) is 16.6 Å². The number of aryl methyl sites for hydroxylation is 3. The molecule has 3 aromatic rings. The van der Waals surface area contributed by atoms with Crippen molar-refractivity contribution in [1.29, 1.82) is 0 Å². The predicted molar refractivity (Wildman–Crippen MR) is 95.8 cm³/mol. The Morgan fingerprint density at radius 1 is 1.38 bits per heavy atom. The highest BCUT2D eigenvalue weighted by molar-refractivity contribution is 7.99. The number of carbonyl (C=O) groups excluding carboxylic acids is 1. The third-order valence-electron chi connectivity index (χ3n) is 3.95. The van der Waals surface area contributed by atoms with Crippen LogP contribution in [-0.4, -0.2) is 36.3 Å². The smallest absolute Gasteiger partial charge is 0.209 e. The fraction of sp³-hybridized carbons (Fsp3) is 0.375. The monoisotopic (exact) mass is 361 g/mol. The van der Waals surface area contributed by atoms with E-state index in [-0.39, 0.29) is 5.78 Å². The average molecular weight is 361 g/mol. The van der Waals surface area contributed by atoms with E-state index >= 15 is 0 Å². The van der Waals surface area contributed by atoms with Crippen molar-refractivity contribution in [2.45, 2.75) is 32.0 Å². The Hall–Kier alpha value is -1.93. The molecule has 0 N–H and O–H groups in total. The number of aromatic nitrogens is 5. The van der Waals surface area contributed by atoms with Crippen molar-refractivity contribution in [3.05, 3.63) is 45.4 Å².